The van der Waals surface area contributed by atoms with E-state index < -0.39 is 0 Å². The maximum atomic E-state index is 7.18. The topological polar surface area (TPSA) is 58.8 Å². The van der Waals surface area contributed by atoms with Crippen molar-refractivity contribution in [3.63, 3.8) is 0 Å². The van der Waals surface area contributed by atoms with Crippen LogP contribution in [0.15, 0.2) is 0 Å². The molecule has 0 spiro atoms. The molecule has 0 amide bonds. The highest BCUT2D eigenvalue weighted by Gasteiger charge is 1.56. The van der Waals surface area contributed by atoms with Crippen LogP contribution in [0.3, 0.4) is 0 Å². The van der Waals surface area contributed by atoms with Gasteiger partial charge in [-0.05, 0) is 0 Å². The molecular weight excluding hydrogens is 120 g/mol. The molecule has 3 heteroatoms. The van der Waals surface area contributed by atoms with Gasteiger partial charge in [0.15, 0.2) is 0 Å². The average molecular weight is 134 g/mol. The second-order valence-electron chi connectivity index (χ2n) is 1.10. The van der Waals surface area contributed by atoms with E-state index in [9.17, 15) is 0 Å². The van der Waals surface area contributed by atoms with E-state index in [1.807, 2.05) is 0 Å². The van der Waals surface area contributed by atoms with Crippen LogP contribution in [0.5, 0.6) is 0 Å². The number of hydrogen-bond acceptors (Lipinski definition) is 3. The third-order valence-electron chi connectivity index (χ3n) is 0.500. The largest absolute Gasteiger partial charge is 0.344 e. The second-order valence-corrected chi connectivity index (χ2v) is 1.30. The van der Waals surface area contributed by atoms with Crippen LogP contribution in [0.2, 0.25) is 0 Å². The molecule has 0 radical (unpaired) electrons. The van der Waals surface area contributed by atoms with Crippen LogP contribution in [0.4, 0.5) is 0 Å². The van der Waals surface area contributed by atoms with Crippen LogP contribution in [-0.2, 0) is 0 Å². The fourth-order valence-electron chi connectivity index (χ4n) is 0. The molecule has 8 heavy (non-hydrogen) atoms. The van der Waals surface area contributed by atoms with Gasteiger partial charge in [0.2, 0.25) is 0 Å². The molecule has 50 valence electrons. The number of nitrogens with zero attached hydrogens (tertiary/aromatic N) is 1. The van der Waals surface area contributed by atoms with Gasteiger partial charge < -0.3 is 6.15 Å². The lowest BCUT2D eigenvalue weighted by molar-refractivity contribution is 0.886. The lowest BCUT2D eigenvalue weighted by Crippen LogP contribution is -1.47. The van der Waals surface area contributed by atoms with Gasteiger partial charge in [0.05, 0.1) is 0 Å². The zero-order valence-electron chi connectivity index (χ0n) is 5.52. The molecule has 0 aromatic heterocycles. The summed E-state index contributed by atoms with van der Waals surface area (Å²) in [6.45, 7) is 4.36. The molecule has 0 bridgehead atoms. The van der Waals surface area contributed by atoms with Crippen molar-refractivity contribution in [1.29, 1.82) is 5.26 Å². The maximum absolute atomic E-state index is 7.18. The number of thiol groups is 1. The smallest absolute Gasteiger partial charge is 0.130 e. The Kier molecular flexibility index (Phi) is 57.1. The predicted octanol–water partition coefficient (Wildman–Crippen LogP) is 2.37. The quantitative estimate of drug-likeness (QED) is 0.427. The molecule has 3 N–H and O–H groups in total. The van der Waals surface area contributed by atoms with E-state index in [-0.39, 0.29) is 6.15 Å². The average Bonchev–Trinajstić information content (AvgIpc) is 1.69. The van der Waals surface area contributed by atoms with Crippen molar-refractivity contribution in [2.24, 2.45) is 0 Å². The first-order chi connectivity index (χ1) is 3.33. The van der Waals surface area contributed by atoms with Crippen LogP contribution in [0.25, 0.3) is 0 Å². The van der Waals surface area contributed by atoms with E-state index in [1.165, 1.54) is 18.2 Å². The van der Waals surface area contributed by atoms with Gasteiger partial charge in [0.25, 0.3) is 0 Å². The second kappa shape index (κ2) is 29.2. The third-order valence-corrected chi connectivity index (χ3v) is 0.500. The Bertz CT molecular complexity index is 46.9. The van der Waals surface area contributed by atoms with E-state index in [0.717, 1.165) is 0 Å². The number of rotatable bonds is 1. The minimum Gasteiger partial charge on any atom is -0.344 e. The summed E-state index contributed by atoms with van der Waals surface area (Å²) in [5.74, 6) is 0. The van der Waals surface area contributed by atoms with E-state index in [4.69, 9.17) is 5.26 Å². The van der Waals surface area contributed by atoms with Gasteiger partial charge in [-0.1, -0.05) is 39.3 Å². The summed E-state index contributed by atoms with van der Waals surface area (Å²) in [4.78, 5) is 0. The van der Waals surface area contributed by atoms with E-state index >= 15 is 0 Å². The molecule has 0 saturated heterocycles. The molecule has 0 rings (SSSR count). The zero-order valence-corrected chi connectivity index (χ0v) is 6.41. The SMILES string of the molecule is CCCC.N.N#CS. The molecule has 0 aromatic rings. The van der Waals surface area contributed by atoms with Crippen molar-refractivity contribution in [1.82, 2.24) is 6.15 Å². The summed E-state index contributed by atoms with van der Waals surface area (Å²) < 4.78 is 0. The van der Waals surface area contributed by atoms with Gasteiger partial charge in [-0.25, -0.2) is 0 Å². The Balaban J connectivity index is -0.0000000575. The first-order valence-corrected chi connectivity index (χ1v) is 2.81. The van der Waals surface area contributed by atoms with Gasteiger partial charge in [-0.15, -0.1) is 0 Å². The summed E-state index contributed by atoms with van der Waals surface area (Å²) in [6, 6.07) is 0. The zero-order chi connectivity index (χ0) is 6.12. The number of unbranched alkanes of at least 4 members (excludes halogenated alkanes) is 1. The van der Waals surface area contributed by atoms with E-state index in [1.54, 1.807) is 0 Å². The highest BCUT2D eigenvalue weighted by molar-refractivity contribution is 7.85. The summed E-state index contributed by atoms with van der Waals surface area (Å²) in [6.07, 6.45) is 2.64. The molecule has 0 heterocycles. The minimum atomic E-state index is 0. The third kappa shape index (κ3) is 209. The maximum Gasteiger partial charge on any atom is 0.130 e. The van der Waals surface area contributed by atoms with Gasteiger partial charge >= 0.3 is 0 Å². The van der Waals surface area contributed by atoms with Crippen LogP contribution in [-0.4, -0.2) is 0 Å². The molecule has 0 fully saturated rings. The molecule has 0 aliphatic heterocycles. The van der Waals surface area contributed by atoms with Crippen molar-refractivity contribution >= 4 is 12.6 Å². The molecule has 0 saturated carbocycles. The summed E-state index contributed by atoms with van der Waals surface area (Å²) in [7, 11) is 0. The van der Waals surface area contributed by atoms with Crippen LogP contribution < -0.4 is 6.15 Å². The lowest BCUT2D eigenvalue weighted by atomic mass is 10.4. The first kappa shape index (κ1) is 15.7. The molecule has 0 unspecified atom stereocenters. The first-order valence-electron chi connectivity index (χ1n) is 2.36. The predicted molar refractivity (Wildman–Crippen MR) is 40.2 cm³/mol. The van der Waals surface area contributed by atoms with Crippen LogP contribution in [0, 0.1) is 10.7 Å². The molecule has 2 nitrogen and oxygen atoms in total. The van der Waals surface area contributed by atoms with Crippen molar-refractivity contribution in [3.05, 3.63) is 0 Å². The van der Waals surface area contributed by atoms with Gasteiger partial charge in [-0.2, -0.15) is 5.26 Å². The minimum absolute atomic E-state index is 0. The molecule has 0 aliphatic carbocycles. The number of nitriles is 1. The Morgan fingerprint density at radius 1 is 1.38 bits per heavy atom. The van der Waals surface area contributed by atoms with Gasteiger partial charge in [-0.3, -0.25) is 0 Å². The van der Waals surface area contributed by atoms with Crippen LogP contribution >= 0.6 is 12.6 Å². The summed E-state index contributed by atoms with van der Waals surface area (Å²) >= 11 is 3.09. The Hall–Kier alpha value is -0.200. The fraction of sp³-hybridized carbons (Fsp3) is 0.800. The molecule has 0 aliphatic rings. The number of hydrogen-bond donors (Lipinski definition) is 2. The molecular formula is C5H14N2S. The van der Waals surface area contributed by atoms with Gasteiger partial charge in [0.1, 0.15) is 5.40 Å². The van der Waals surface area contributed by atoms with Crippen LogP contribution in [0.1, 0.15) is 26.7 Å². The summed E-state index contributed by atoms with van der Waals surface area (Å²) in [5.41, 5.74) is 0. The van der Waals surface area contributed by atoms with Crippen molar-refractivity contribution < 1.29 is 0 Å². The monoisotopic (exact) mass is 134 g/mol. The highest BCUT2D eigenvalue weighted by Crippen LogP contribution is 1.76. The highest BCUT2D eigenvalue weighted by atomic mass is 32.1. The van der Waals surface area contributed by atoms with E-state index in [2.05, 4.69) is 26.5 Å². The van der Waals surface area contributed by atoms with Crippen molar-refractivity contribution in [3.8, 4) is 5.40 Å². The Morgan fingerprint density at radius 2 is 1.50 bits per heavy atom. The van der Waals surface area contributed by atoms with Crippen molar-refractivity contribution in [2.75, 3.05) is 0 Å². The van der Waals surface area contributed by atoms with Gasteiger partial charge in [0, 0.05) is 0 Å². The lowest BCUT2D eigenvalue weighted by Gasteiger charge is -1.68. The standard InChI is InChI=1S/C4H10.CHNS.H3N/c1-3-4-2;2-1-3;/h3-4H2,1-2H3;3H;1H3. The molecule has 0 atom stereocenters. The Morgan fingerprint density at radius 3 is 1.50 bits per heavy atom. The summed E-state index contributed by atoms with van der Waals surface area (Å²) in [5, 5.41) is 8.63. The van der Waals surface area contributed by atoms with Crippen molar-refractivity contribution in [2.45, 2.75) is 26.7 Å². The fourth-order valence-corrected chi connectivity index (χ4v) is 0. The normalized spacial score (nSPS) is 4.75. The molecule has 0 aromatic carbocycles. The Labute approximate surface area is 56.9 Å². The van der Waals surface area contributed by atoms with E-state index in [0.29, 0.717) is 0 Å². The number of thiocyanates is 1.